The smallest absolute Gasteiger partial charge is 0.261 e. The molecule has 0 aliphatic heterocycles. The van der Waals surface area contributed by atoms with Gasteiger partial charge in [0.2, 0.25) is 5.82 Å². The maximum Gasteiger partial charge on any atom is 0.261 e. The summed E-state index contributed by atoms with van der Waals surface area (Å²) in [6.07, 6.45) is 0. The fourth-order valence-corrected chi connectivity index (χ4v) is 2.39. The number of aromatic nitrogens is 3. The van der Waals surface area contributed by atoms with Crippen molar-refractivity contribution >= 4 is 11.3 Å². The van der Waals surface area contributed by atoms with Crippen molar-refractivity contribution in [2.75, 3.05) is 7.11 Å². The first-order chi connectivity index (χ1) is 9.67. The van der Waals surface area contributed by atoms with Crippen molar-refractivity contribution in [2.45, 2.75) is 6.92 Å². The number of hydrogen-bond donors (Lipinski definition) is 0. The van der Waals surface area contributed by atoms with Gasteiger partial charge in [0.05, 0.1) is 12.7 Å². The molecule has 7 heteroatoms. The Morgan fingerprint density at radius 3 is 2.80 bits per heavy atom. The summed E-state index contributed by atoms with van der Waals surface area (Å²) in [5.41, 5.74) is 1.12. The second kappa shape index (κ2) is 5.01. The molecule has 1 aromatic carbocycles. The van der Waals surface area contributed by atoms with Crippen LogP contribution in [0.2, 0.25) is 0 Å². The number of rotatable bonds is 3. The summed E-state index contributed by atoms with van der Waals surface area (Å²) in [5.74, 6) is 0.428. The number of thiazole rings is 1. The Morgan fingerprint density at radius 2 is 2.15 bits per heavy atom. The predicted octanol–water partition coefficient (Wildman–Crippen LogP) is 3.32. The highest BCUT2D eigenvalue weighted by Crippen LogP contribution is 2.27. The fourth-order valence-electron chi connectivity index (χ4n) is 1.67. The van der Waals surface area contributed by atoms with E-state index in [-0.39, 0.29) is 11.5 Å². The number of aryl methyl sites for hydroxylation is 1. The van der Waals surface area contributed by atoms with E-state index in [9.17, 15) is 4.39 Å². The summed E-state index contributed by atoms with van der Waals surface area (Å²) >= 11 is 1.41. The van der Waals surface area contributed by atoms with Crippen molar-refractivity contribution in [1.82, 2.24) is 15.1 Å². The van der Waals surface area contributed by atoms with E-state index in [0.717, 1.165) is 5.69 Å². The number of benzene rings is 1. The van der Waals surface area contributed by atoms with E-state index >= 15 is 0 Å². The first kappa shape index (κ1) is 12.7. The van der Waals surface area contributed by atoms with Crippen LogP contribution in [-0.2, 0) is 0 Å². The summed E-state index contributed by atoms with van der Waals surface area (Å²) in [6.45, 7) is 1.88. The average molecular weight is 291 g/mol. The predicted molar refractivity (Wildman–Crippen MR) is 72.1 cm³/mol. The van der Waals surface area contributed by atoms with Gasteiger partial charge in [-0.25, -0.2) is 9.37 Å². The Morgan fingerprint density at radius 1 is 1.30 bits per heavy atom. The van der Waals surface area contributed by atoms with Crippen LogP contribution in [0.1, 0.15) is 5.69 Å². The Hall–Kier alpha value is -2.28. The Kier molecular flexibility index (Phi) is 3.19. The molecule has 102 valence electrons. The zero-order chi connectivity index (χ0) is 14.1. The zero-order valence-corrected chi connectivity index (χ0v) is 11.6. The van der Waals surface area contributed by atoms with Crippen LogP contribution in [-0.4, -0.2) is 22.2 Å². The quantitative estimate of drug-likeness (QED) is 0.741. The van der Waals surface area contributed by atoms with Gasteiger partial charge in [0, 0.05) is 17.1 Å². The van der Waals surface area contributed by atoms with Crippen molar-refractivity contribution < 1.29 is 13.7 Å². The molecule has 0 fully saturated rings. The third kappa shape index (κ3) is 2.27. The van der Waals surface area contributed by atoms with Crippen LogP contribution < -0.4 is 4.74 Å². The number of hydrogen-bond acceptors (Lipinski definition) is 6. The van der Waals surface area contributed by atoms with Crippen molar-refractivity contribution in [1.29, 1.82) is 0 Å². The van der Waals surface area contributed by atoms with Crippen molar-refractivity contribution in [3.05, 3.63) is 35.1 Å². The molecule has 0 amide bonds. The van der Waals surface area contributed by atoms with E-state index in [1.807, 2.05) is 12.3 Å². The third-order valence-electron chi connectivity index (χ3n) is 2.64. The molecule has 0 unspecified atom stereocenters. The minimum atomic E-state index is -0.477. The Balaban J connectivity index is 1.98. The molecule has 2 aromatic heterocycles. The first-order valence-corrected chi connectivity index (χ1v) is 6.65. The molecule has 0 aliphatic carbocycles. The van der Waals surface area contributed by atoms with Gasteiger partial charge in [0.15, 0.2) is 5.01 Å². The molecular formula is C13H10FN3O2S. The second-order valence-electron chi connectivity index (χ2n) is 4.06. The molecule has 0 saturated carbocycles. The lowest BCUT2D eigenvalue weighted by molar-refractivity contribution is 0.410. The molecule has 2 heterocycles. The van der Waals surface area contributed by atoms with Crippen LogP contribution in [0, 0.1) is 12.7 Å². The molecule has 0 spiro atoms. The van der Waals surface area contributed by atoms with Gasteiger partial charge in [0.25, 0.3) is 5.89 Å². The highest BCUT2D eigenvalue weighted by Gasteiger charge is 2.16. The largest absolute Gasteiger partial charge is 0.497 e. The molecule has 0 bridgehead atoms. The van der Waals surface area contributed by atoms with Crippen LogP contribution in [0.25, 0.3) is 22.3 Å². The fraction of sp³-hybridized carbons (Fsp3) is 0.154. The molecule has 3 aromatic rings. The van der Waals surface area contributed by atoms with E-state index in [1.54, 1.807) is 12.1 Å². The minimum Gasteiger partial charge on any atom is -0.497 e. The number of ether oxygens (including phenoxy) is 1. The molecule has 20 heavy (non-hydrogen) atoms. The van der Waals surface area contributed by atoms with Gasteiger partial charge in [-0.3, -0.25) is 0 Å². The van der Waals surface area contributed by atoms with Gasteiger partial charge in [-0.2, -0.15) is 4.98 Å². The summed E-state index contributed by atoms with van der Waals surface area (Å²) < 4.78 is 24.0. The highest BCUT2D eigenvalue weighted by atomic mass is 32.1. The van der Waals surface area contributed by atoms with Gasteiger partial charge < -0.3 is 9.26 Å². The van der Waals surface area contributed by atoms with E-state index in [2.05, 4.69) is 15.1 Å². The van der Waals surface area contributed by atoms with E-state index in [1.165, 1.54) is 24.5 Å². The first-order valence-electron chi connectivity index (χ1n) is 5.77. The Bertz CT molecular complexity index is 754. The van der Waals surface area contributed by atoms with Gasteiger partial charge in [0.1, 0.15) is 11.6 Å². The maximum atomic E-state index is 13.9. The summed E-state index contributed by atoms with van der Waals surface area (Å²) in [6, 6.07) is 4.45. The van der Waals surface area contributed by atoms with Gasteiger partial charge in [-0.1, -0.05) is 5.16 Å². The van der Waals surface area contributed by atoms with E-state index < -0.39 is 5.82 Å². The number of halogens is 1. The lowest BCUT2D eigenvalue weighted by atomic mass is 10.2. The van der Waals surface area contributed by atoms with Crippen LogP contribution in [0.15, 0.2) is 28.1 Å². The highest BCUT2D eigenvalue weighted by molar-refractivity contribution is 7.13. The Labute approximate surface area is 118 Å². The van der Waals surface area contributed by atoms with Gasteiger partial charge in [-0.15, -0.1) is 11.3 Å². The molecule has 0 atom stereocenters. The summed E-state index contributed by atoms with van der Waals surface area (Å²) in [7, 11) is 1.48. The van der Waals surface area contributed by atoms with Crippen LogP contribution in [0.3, 0.4) is 0 Å². The zero-order valence-electron chi connectivity index (χ0n) is 10.8. The topological polar surface area (TPSA) is 61.0 Å². The van der Waals surface area contributed by atoms with Crippen LogP contribution >= 0.6 is 11.3 Å². The van der Waals surface area contributed by atoms with Crippen molar-refractivity contribution in [3.63, 3.8) is 0 Å². The molecule has 0 radical (unpaired) electrons. The number of methoxy groups -OCH3 is 1. The van der Waals surface area contributed by atoms with E-state index in [4.69, 9.17) is 9.26 Å². The van der Waals surface area contributed by atoms with Crippen LogP contribution in [0.5, 0.6) is 5.75 Å². The average Bonchev–Trinajstić information content (AvgIpc) is 3.07. The molecule has 5 nitrogen and oxygen atoms in total. The lowest BCUT2D eigenvalue weighted by Gasteiger charge is -2.01. The second-order valence-corrected chi connectivity index (χ2v) is 4.92. The van der Waals surface area contributed by atoms with E-state index in [0.29, 0.717) is 16.6 Å². The molecule has 0 N–H and O–H groups in total. The molecular weight excluding hydrogens is 281 g/mol. The minimum absolute atomic E-state index is 0.119. The van der Waals surface area contributed by atoms with Crippen molar-refractivity contribution in [2.24, 2.45) is 0 Å². The molecule has 3 rings (SSSR count). The molecule has 0 saturated heterocycles. The van der Waals surface area contributed by atoms with Crippen molar-refractivity contribution in [3.8, 4) is 28.0 Å². The third-order valence-corrected chi connectivity index (χ3v) is 3.60. The SMILES string of the molecule is COc1ccc(-c2nc(-c3nc(C)cs3)no2)c(F)c1. The monoisotopic (exact) mass is 291 g/mol. The lowest BCUT2D eigenvalue weighted by Crippen LogP contribution is -1.88. The van der Waals surface area contributed by atoms with Gasteiger partial charge >= 0.3 is 0 Å². The number of nitrogens with zero attached hydrogens (tertiary/aromatic N) is 3. The summed E-state index contributed by atoms with van der Waals surface area (Å²) in [4.78, 5) is 8.43. The summed E-state index contributed by atoms with van der Waals surface area (Å²) in [5, 5.41) is 6.36. The normalized spacial score (nSPS) is 10.8. The molecule has 0 aliphatic rings. The maximum absolute atomic E-state index is 13.9. The van der Waals surface area contributed by atoms with Gasteiger partial charge in [-0.05, 0) is 19.1 Å². The van der Waals surface area contributed by atoms with Crippen LogP contribution in [0.4, 0.5) is 4.39 Å². The standard InChI is InChI=1S/C13H10FN3O2S/c1-7-6-20-13(15-7)11-16-12(19-17-11)9-4-3-8(18-2)5-10(9)14/h3-6H,1-2H3.